The van der Waals surface area contributed by atoms with E-state index in [4.69, 9.17) is 16.3 Å². The first kappa shape index (κ1) is 14.5. The number of esters is 1. The molecule has 0 spiro atoms. The van der Waals surface area contributed by atoms with Gasteiger partial charge in [0, 0.05) is 31.4 Å². The minimum Gasteiger partial charge on any atom is -0.466 e. The molecule has 0 saturated carbocycles. The van der Waals surface area contributed by atoms with Gasteiger partial charge in [-0.05, 0) is 19.1 Å². The molecule has 5 nitrogen and oxygen atoms in total. The zero-order valence-corrected chi connectivity index (χ0v) is 12.2. The Balaban J connectivity index is 2.12. The first-order valence-electron chi connectivity index (χ1n) is 6.39. The van der Waals surface area contributed by atoms with Crippen LogP contribution in [0.3, 0.4) is 0 Å². The second-order valence-electron chi connectivity index (χ2n) is 4.34. The van der Waals surface area contributed by atoms with Crippen molar-refractivity contribution >= 4 is 17.6 Å². The minimum absolute atomic E-state index is 0.205. The summed E-state index contributed by atoms with van der Waals surface area (Å²) in [6, 6.07) is 3.77. The zero-order valence-electron chi connectivity index (χ0n) is 11.5. The molecule has 0 saturated heterocycles. The number of halogens is 1. The summed E-state index contributed by atoms with van der Waals surface area (Å²) in [5, 5.41) is 4.97. The molecule has 0 bridgehead atoms. The summed E-state index contributed by atoms with van der Waals surface area (Å²) in [6.45, 7) is 2.20. The van der Waals surface area contributed by atoms with E-state index in [0.717, 1.165) is 17.0 Å². The van der Waals surface area contributed by atoms with Crippen molar-refractivity contribution in [2.75, 3.05) is 6.61 Å². The molecule has 6 heteroatoms. The van der Waals surface area contributed by atoms with Crippen LogP contribution in [0.15, 0.2) is 24.5 Å². The van der Waals surface area contributed by atoms with Crippen LogP contribution in [0.25, 0.3) is 11.3 Å². The average molecular weight is 294 g/mol. The van der Waals surface area contributed by atoms with Gasteiger partial charge in [0.05, 0.1) is 29.4 Å². The lowest BCUT2D eigenvalue weighted by Crippen LogP contribution is -2.05. The predicted molar refractivity (Wildman–Crippen MR) is 76.4 cm³/mol. The molecule has 0 unspecified atom stereocenters. The Morgan fingerprint density at radius 3 is 2.90 bits per heavy atom. The summed E-state index contributed by atoms with van der Waals surface area (Å²) in [6.07, 6.45) is 4.21. The highest BCUT2D eigenvalue weighted by Crippen LogP contribution is 2.22. The minimum atomic E-state index is -0.205. The maximum absolute atomic E-state index is 11.3. The highest BCUT2D eigenvalue weighted by atomic mass is 35.5. The Kier molecular flexibility index (Phi) is 4.74. The first-order chi connectivity index (χ1) is 9.60. The van der Waals surface area contributed by atoms with Crippen LogP contribution in [0.4, 0.5) is 0 Å². The quantitative estimate of drug-likeness (QED) is 0.795. The third-order valence-corrected chi connectivity index (χ3v) is 3.03. The van der Waals surface area contributed by atoms with Crippen molar-refractivity contribution in [1.29, 1.82) is 0 Å². The van der Waals surface area contributed by atoms with Gasteiger partial charge in [-0.1, -0.05) is 11.6 Å². The molecule has 2 aromatic rings. The highest BCUT2D eigenvalue weighted by molar-refractivity contribution is 6.30. The van der Waals surface area contributed by atoms with E-state index in [9.17, 15) is 4.79 Å². The van der Waals surface area contributed by atoms with Crippen LogP contribution in [0, 0.1) is 0 Å². The normalized spacial score (nSPS) is 10.6. The Labute approximate surface area is 122 Å². The predicted octanol–water partition coefficient (Wildman–Crippen LogP) is 2.63. The SMILES string of the molecule is CCOC(=O)CCc1cc(-c2cncc(Cl)c2)n(C)n1. The Morgan fingerprint density at radius 2 is 2.20 bits per heavy atom. The van der Waals surface area contributed by atoms with Crippen molar-refractivity contribution in [3.63, 3.8) is 0 Å². The molecule has 2 heterocycles. The number of carbonyl (C=O) groups is 1. The van der Waals surface area contributed by atoms with Crippen LogP contribution < -0.4 is 0 Å². The van der Waals surface area contributed by atoms with Crippen molar-refractivity contribution < 1.29 is 9.53 Å². The van der Waals surface area contributed by atoms with Gasteiger partial charge in [-0.2, -0.15) is 5.10 Å². The van der Waals surface area contributed by atoms with E-state index >= 15 is 0 Å². The number of aromatic nitrogens is 3. The van der Waals surface area contributed by atoms with Crippen molar-refractivity contribution in [3.8, 4) is 11.3 Å². The molecule has 2 rings (SSSR count). The van der Waals surface area contributed by atoms with Gasteiger partial charge in [0.2, 0.25) is 0 Å². The fourth-order valence-corrected chi connectivity index (χ4v) is 2.11. The number of ether oxygens (including phenoxy) is 1. The number of nitrogens with zero attached hydrogens (tertiary/aromatic N) is 3. The summed E-state index contributed by atoms with van der Waals surface area (Å²) in [5.74, 6) is -0.205. The molecule has 0 aromatic carbocycles. The van der Waals surface area contributed by atoms with Crippen molar-refractivity contribution in [2.24, 2.45) is 7.05 Å². The van der Waals surface area contributed by atoms with Gasteiger partial charge in [0.25, 0.3) is 0 Å². The molecular weight excluding hydrogens is 278 g/mol. The molecule has 0 amide bonds. The smallest absolute Gasteiger partial charge is 0.306 e. The zero-order chi connectivity index (χ0) is 14.5. The number of aryl methyl sites for hydroxylation is 2. The van der Waals surface area contributed by atoms with E-state index in [0.29, 0.717) is 24.5 Å². The summed E-state index contributed by atoms with van der Waals surface area (Å²) < 4.78 is 6.66. The third-order valence-electron chi connectivity index (χ3n) is 2.82. The van der Waals surface area contributed by atoms with Crippen molar-refractivity contribution in [2.45, 2.75) is 19.8 Å². The van der Waals surface area contributed by atoms with Gasteiger partial charge in [-0.15, -0.1) is 0 Å². The summed E-state index contributed by atoms with van der Waals surface area (Å²) in [7, 11) is 1.85. The van der Waals surface area contributed by atoms with Crippen LogP contribution in [0.5, 0.6) is 0 Å². The number of hydrogen-bond acceptors (Lipinski definition) is 4. The standard InChI is InChI=1S/C14H16ClN3O2/c1-3-20-14(19)5-4-12-7-13(18(2)17-12)10-6-11(15)9-16-8-10/h6-9H,3-5H2,1-2H3. The van der Waals surface area contributed by atoms with E-state index < -0.39 is 0 Å². The van der Waals surface area contributed by atoms with Crippen molar-refractivity contribution in [3.05, 3.63) is 35.2 Å². The molecule has 106 valence electrons. The van der Waals surface area contributed by atoms with Crippen molar-refractivity contribution in [1.82, 2.24) is 14.8 Å². The second kappa shape index (κ2) is 6.52. The van der Waals surface area contributed by atoms with Gasteiger partial charge in [-0.3, -0.25) is 14.5 Å². The van der Waals surface area contributed by atoms with Gasteiger partial charge >= 0.3 is 5.97 Å². The molecule has 0 aliphatic rings. The number of rotatable bonds is 5. The maximum Gasteiger partial charge on any atom is 0.306 e. The van der Waals surface area contributed by atoms with E-state index in [1.807, 2.05) is 19.2 Å². The molecule has 0 N–H and O–H groups in total. The van der Waals surface area contributed by atoms with Gasteiger partial charge in [-0.25, -0.2) is 0 Å². The number of pyridine rings is 1. The van der Waals surface area contributed by atoms with E-state index in [1.165, 1.54) is 0 Å². The Morgan fingerprint density at radius 1 is 1.40 bits per heavy atom. The molecule has 0 radical (unpaired) electrons. The van der Waals surface area contributed by atoms with Gasteiger partial charge in [0.1, 0.15) is 0 Å². The third kappa shape index (κ3) is 3.57. The topological polar surface area (TPSA) is 57.0 Å². The monoisotopic (exact) mass is 293 g/mol. The van der Waals surface area contributed by atoms with Crippen LogP contribution in [-0.4, -0.2) is 27.3 Å². The van der Waals surface area contributed by atoms with Crippen LogP contribution in [0.2, 0.25) is 5.02 Å². The molecule has 0 atom stereocenters. The van der Waals surface area contributed by atoms with E-state index in [-0.39, 0.29) is 5.97 Å². The highest BCUT2D eigenvalue weighted by Gasteiger charge is 2.10. The molecule has 0 fully saturated rings. The van der Waals surface area contributed by atoms with E-state index in [1.54, 1.807) is 24.0 Å². The lowest BCUT2D eigenvalue weighted by Gasteiger charge is -2.00. The maximum atomic E-state index is 11.3. The fraction of sp³-hybridized carbons (Fsp3) is 0.357. The average Bonchev–Trinajstić information content (AvgIpc) is 2.78. The van der Waals surface area contributed by atoms with E-state index in [2.05, 4.69) is 10.1 Å². The van der Waals surface area contributed by atoms with Crippen LogP contribution >= 0.6 is 11.6 Å². The number of hydrogen-bond donors (Lipinski definition) is 0. The van der Waals surface area contributed by atoms with Crippen LogP contribution in [-0.2, 0) is 23.0 Å². The summed E-state index contributed by atoms with van der Waals surface area (Å²) >= 11 is 5.94. The van der Waals surface area contributed by atoms with Crippen LogP contribution in [0.1, 0.15) is 19.0 Å². The molecule has 0 aliphatic heterocycles. The first-order valence-corrected chi connectivity index (χ1v) is 6.77. The molecule has 20 heavy (non-hydrogen) atoms. The lowest BCUT2D eigenvalue weighted by atomic mass is 10.1. The number of carbonyl (C=O) groups excluding carboxylic acids is 1. The molecule has 0 aliphatic carbocycles. The largest absolute Gasteiger partial charge is 0.466 e. The lowest BCUT2D eigenvalue weighted by molar-refractivity contribution is -0.143. The fourth-order valence-electron chi connectivity index (χ4n) is 1.93. The van der Waals surface area contributed by atoms with Gasteiger partial charge < -0.3 is 4.74 Å². The summed E-state index contributed by atoms with van der Waals surface area (Å²) in [4.78, 5) is 15.4. The Hall–Kier alpha value is -1.88. The van der Waals surface area contributed by atoms with Gasteiger partial charge in [0.15, 0.2) is 0 Å². The summed E-state index contributed by atoms with van der Waals surface area (Å²) in [5.41, 5.74) is 2.66. The molecule has 2 aromatic heterocycles. The Bertz CT molecular complexity index is 610. The molecular formula is C14H16ClN3O2. The second-order valence-corrected chi connectivity index (χ2v) is 4.78.